The Kier molecular flexibility index (Phi) is 3.45. The van der Waals surface area contributed by atoms with Crippen LogP contribution in [-0.2, 0) is 9.53 Å². The van der Waals surface area contributed by atoms with Crippen molar-refractivity contribution in [1.82, 2.24) is 0 Å². The average molecular weight is 347 g/mol. The molecule has 6 heteroatoms. The van der Waals surface area contributed by atoms with Gasteiger partial charge in [-0.25, -0.2) is 0 Å². The Morgan fingerprint density at radius 1 is 1.47 bits per heavy atom. The van der Waals surface area contributed by atoms with Gasteiger partial charge in [-0.3, -0.25) is 4.79 Å². The molecule has 0 aromatic heterocycles. The molecule has 2 bridgehead atoms. The number of carbonyl (C=O) groups excluding carboxylic acids is 1. The molecule has 3 rings (SSSR count). The number of ether oxygens (including phenoxy) is 1. The van der Waals surface area contributed by atoms with Crippen LogP contribution in [0.1, 0.15) is 19.3 Å². The maximum absolute atomic E-state index is 12.2. The van der Waals surface area contributed by atoms with Gasteiger partial charge in [0.25, 0.3) is 0 Å². The number of benzene rings is 1. The van der Waals surface area contributed by atoms with Crippen LogP contribution in [-0.4, -0.2) is 23.2 Å². The summed E-state index contributed by atoms with van der Waals surface area (Å²) in [5.74, 6) is -0.255. The molecule has 0 aliphatic carbocycles. The molecule has 19 heavy (non-hydrogen) atoms. The van der Waals surface area contributed by atoms with E-state index < -0.39 is 0 Å². The molecule has 2 heterocycles. The molecular formula is C13H13BrClNO3. The van der Waals surface area contributed by atoms with Gasteiger partial charge in [0.2, 0.25) is 5.91 Å². The molecule has 0 saturated carbocycles. The molecule has 0 spiro atoms. The van der Waals surface area contributed by atoms with Crippen molar-refractivity contribution in [1.29, 1.82) is 0 Å². The molecule has 2 fully saturated rings. The smallest absolute Gasteiger partial charge is 0.230 e. The molecule has 3 atom stereocenters. The predicted octanol–water partition coefficient (Wildman–Crippen LogP) is 3.31. The fraction of sp³-hybridized carbons (Fsp3) is 0.462. The van der Waals surface area contributed by atoms with Gasteiger partial charge < -0.3 is 15.2 Å². The van der Waals surface area contributed by atoms with Gasteiger partial charge in [-0.1, -0.05) is 11.6 Å². The van der Waals surface area contributed by atoms with Crippen LogP contribution in [0.5, 0.6) is 5.75 Å². The van der Waals surface area contributed by atoms with Crippen molar-refractivity contribution in [2.24, 2.45) is 5.92 Å². The predicted molar refractivity (Wildman–Crippen MR) is 75.4 cm³/mol. The summed E-state index contributed by atoms with van der Waals surface area (Å²) in [4.78, 5) is 12.2. The number of rotatable bonds is 2. The van der Waals surface area contributed by atoms with Crippen LogP contribution in [0, 0.1) is 5.92 Å². The van der Waals surface area contributed by atoms with Crippen molar-refractivity contribution in [3.63, 3.8) is 0 Å². The third-order valence-corrected chi connectivity index (χ3v) is 4.55. The monoisotopic (exact) mass is 345 g/mol. The Hall–Kier alpha value is -0.780. The minimum atomic E-state index is -0.129. The van der Waals surface area contributed by atoms with Gasteiger partial charge in [0, 0.05) is 5.02 Å². The molecule has 2 saturated heterocycles. The zero-order valence-electron chi connectivity index (χ0n) is 10.0. The van der Waals surface area contributed by atoms with E-state index in [2.05, 4.69) is 21.2 Å². The summed E-state index contributed by atoms with van der Waals surface area (Å²) in [7, 11) is 0. The lowest BCUT2D eigenvalue weighted by Crippen LogP contribution is -2.30. The summed E-state index contributed by atoms with van der Waals surface area (Å²) >= 11 is 9.10. The molecule has 1 amide bonds. The molecule has 1 aromatic carbocycles. The number of anilines is 1. The fourth-order valence-electron chi connectivity index (χ4n) is 2.80. The van der Waals surface area contributed by atoms with Crippen LogP contribution >= 0.6 is 27.5 Å². The topological polar surface area (TPSA) is 58.6 Å². The molecule has 2 aliphatic heterocycles. The quantitative estimate of drug-likeness (QED) is 0.808. The first kappa shape index (κ1) is 13.2. The van der Waals surface area contributed by atoms with Crippen molar-refractivity contribution in [2.75, 3.05) is 5.32 Å². The van der Waals surface area contributed by atoms with Crippen LogP contribution < -0.4 is 5.32 Å². The minimum absolute atomic E-state index is 0.0122. The summed E-state index contributed by atoms with van der Waals surface area (Å²) in [6.07, 6.45) is 2.99. The van der Waals surface area contributed by atoms with Crippen molar-refractivity contribution in [2.45, 2.75) is 31.5 Å². The Morgan fingerprint density at radius 3 is 2.89 bits per heavy atom. The van der Waals surface area contributed by atoms with Gasteiger partial charge in [0.1, 0.15) is 0 Å². The third-order valence-electron chi connectivity index (χ3n) is 3.73. The Balaban J connectivity index is 1.76. The first-order valence-corrected chi connectivity index (χ1v) is 7.36. The second-order valence-electron chi connectivity index (χ2n) is 4.99. The zero-order valence-corrected chi connectivity index (χ0v) is 12.4. The van der Waals surface area contributed by atoms with Crippen LogP contribution in [0.4, 0.5) is 5.69 Å². The average Bonchev–Trinajstić information content (AvgIpc) is 2.97. The highest BCUT2D eigenvalue weighted by Crippen LogP contribution is 2.40. The lowest BCUT2D eigenvalue weighted by molar-refractivity contribution is -0.121. The first-order valence-electron chi connectivity index (χ1n) is 6.19. The number of phenols is 1. The highest BCUT2D eigenvalue weighted by molar-refractivity contribution is 9.10. The summed E-state index contributed by atoms with van der Waals surface area (Å²) in [5, 5.41) is 13.1. The van der Waals surface area contributed by atoms with E-state index in [1.165, 1.54) is 6.07 Å². The molecule has 4 nitrogen and oxygen atoms in total. The Bertz CT molecular complexity index is 537. The number of fused-ring (bicyclic) bond motifs is 2. The molecule has 2 N–H and O–H groups in total. The van der Waals surface area contributed by atoms with E-state index in [4.69, 9.17) is 16.3 Å². The second-order valence-corrected chi connectivity index (χ2v) is 6.28. The maximum atomic E-state index is 12.2. The highest BCUT2D eigenvalue weighted by Gasteiger charge is 2.44. The summed E-state index contributed by atoms with van der Waals surface area (Å²) in [6, 6.07) is 3.11. The van der Waals surface area contributed by atoms with Gasteiger partial charge in [0.15, 0.2) is 5.75 Å². The number of phenolic OH excluding ortho intramolecular Hbond substituents is 1. The Labute approximate surface area is 124 Å². The number of hydrogen-bond acceptors (Lipinski definition) is 3. The van der Waals surface area contributed by atoms with Crippen molar-refractivity contribution >= 4 is 39.1 Å². The fourth-order valence-corrected chi connectivity index (χ4v) is 3.61. The zero-order chi connectivity index (χ0) is 13.6. The van der Waals surface area contributed by atoms with Crippen LogP contribution in [0.15, 0.2) is 16.6 Å². The molecule has 102 valence electrons. The molecule has 1 aromatic rings. The van der Waals surface area contributed by atoms with Crippen molar-refractivity contribution in [3.05, 3.63) is 21.6 Å². The van der Waals surface area contributed by atoms with Gasteiger partial charge in [-0.15, -0.1) is 0 Å². The van der Waals surface area contributed by atoms with Gasteiger partial charge in [-0.2, -0.15) is 0 Å². The van der Waals surface area contributed by atoms with Crippen LogP contribution in [0.25, 0.3) is 0 Å². The summed E-state index contributed by atoms with van der Waals surface area (Å²) in [5.41, 5.74) is 0.326. The van der Waals surface area contributed by atoms with Crippen LogP contribution in [0.3, 0.4) is 0 Å². The number of amides is 1. The van der Waals surface area contributed by atoms with Crippen LogP contribution in [0.2, 0.25) is 5.02 Å². The molecular weight excluding hydrogens is 334 g/mol. The van der Waals surface area contributed by atoms with Gasteiger partial charge in [0.05, 0.1) is 28.3 Å². The standard InChI is InChI=1S/C13H13BrClNO3/c14-9-3-6(15)4-10(12(9)17)16-13(18)8-5-7-1-2-11(8)19-7/h3-4,7-8,11,17H,1-2,5H2,(H,16,18)/t7-,8-,11-/m1/s1. The van der Waals surface area contributed by atoms with E-state index in [0.717, 1.165) is 19.3 Å². The molecule has 2 aliphatic rings. The summed E-state index contributed by atoms with van der Waals surface area (Å²) < 4.78 is 6.12. The van der Waals surface area contributed by atoms with Gasteiger partial charge in [-0.05, 0) is 47.3 Å². The van der Waals surface area contributed by atoms with E-state index in [-0.39, 0.29) is 29.8 Å². The number of nitrogens with one attached hydrogen (secondary N) is 1. The van der Waals surface area contributed by atoms with E-state index in [1.54, 1.807) is 6.07 Å². The summed E-state index contributed by atoms with van der Waals surface area (Å²) in [6.45, 7) is 0. The lowest BCUT2D eigenvalue weighted by Gasteiger charge is -2.18. The van der Waals surface area contributed by atoms with Crippen molar-refractivity contribution in [3.8, 4) is 5.75 Å². The lowest BCUT2D eigenvalue weighted by atomic mass is 9.88. The Morgan fingerprint density at radius 2 is 2.26 bits per heavy atom. The largest absolute Gasteiger partial charge is 0.505 e. The first-order chi connectivity index (χ1) is 9.04. The third kappa shape index (κ3) is 2.47. The van der Waals surface area contributed by atoms with Gasteiger partial charge >= 0.3 is 0 Å². The number of hydrogen-bond donors (Lipinski definition) is 2. The van der Waals surface area contributed by atoms with Crippen molar-refractivity contribution < 1.29 is 14.6 Å². The maximum Gasteiger partial charge on any atom is 0.230 e. The second kappa shape index (κ2) is 4.96. The highest BCUT2D eigenvalue weighted by atomic mass is 79.9. The van der Waals surface area contributed by atoms with E-state index in [0.29, 0.717) is 15.2 Å². The number of aromatic hydroxyl groups is 1. The number of carbonyl (C=O) groups is 1. The SMILES string of the molecule is O=C(Nc1cc(Cl)cc(Br)c1O)[C@@H]1C[C@H]2CC[C@H]1O2. The molecule has 0 radical (unpaired) electrons. The van der Waals surface area contributed by atoms with E-state index in [1.807, 2.05) is 0 Å². The van der Waals surface area contributed by atoms with E-state index >= 15 is 0 Å². The minimum Gasteiger partial charge on any atom is -0.505 e. The number of halogens is 2. The van der Waals surface area contributed by atoms with E-state index in [9.17, 15) is 9.90 Å². The molecule has 0 unspecified atom stereocenters. The normalized spacial score (nSPS) is 28.6.